The molecular weight excluding hydrogens is 412 g/mol. The lowest BCUT2D eigenvalue weighted by atomic mass is 10.0. The molecule has 3 rings (SSSR count). The third kappa shape index (κ3) is 4.90. The van der Waals surface area contributed by atoms with Crippen molar-refractivity contribution in [1.82, 2.24) is 19.8 Å². The Morgan fingerprint density at radius 3 is 2.50 bits per heavy atom. The minimum atomic E-state index is -3.54. The second-order valence-corrected chi connectivity index (χ2v) is 9.34. The predicted molar refractivity (Wildman–Crippen MR) is 108 cm³/mol. The Kier molecular flexibility index (Phi) is 6.61. The van der Waals surface area contributed by atoms with Gasteiger partial charge in [-0.3, -0.25) is 14.4 Å². The summed E-state index contributed by atoms with van der Waals surface area (Å²) in [6.07, 6.45) is 2.29. The van der Waals surface area contributed by atoms with E-state index in [4.69, 9.17) is 4.74 Å². The summed E-state index contributed by atoms with van der Waals surface area (Å²) < 4.78 is 30.3. The number of carbonyl (C=O) groups excluding carboxylic acids is 3. The first-order valence-corrected chi connectivity index (χ1v) is 11.5. The Morgan fingerprint density at radius 1 is 1.20 bits per heavy atom. The van der Waals surface area contributed by atoms with Crippen molar-refractivity contribution in [2.45, 2.75) is 24.9 Å². The van der Waals surface area contributed by atoms with Gasteiger partial charge in [0.15, 0.2) is 0 Å². The normalized spacial score (nSPS) is 22.9. The molecule has 0 aromatic heterocycles. The van der Waals surface area contributed by atoms with E-state index >= 15 is 0 Å². The number of ether oxygens (including phenoxy) is 1. The molecule has 2 heterocycles. The van der Waals surface area contributed by atoms with Gasteiger partial charge in [0.2, 0.25) is 21.8 Å². The SMILES string of the molecule is COc1ccc(C(=O)N2CCN(S(C)(=O)=O)C[C@@H]2C(=O)N[C@H]2CCCNC2=O)cc1. The van der Waals surface area contributed by atoms with Crippen molar-refractivity contribution >= 4 is 27.7 Å². The molecule has 0 unspecified atom stereocenters. The van der Waals surface area contributed by atoms with Gasteiger partial charge in [-0.05, 0) is 37.1 Å². The fraction of sp³-hybridized carbons (Fsp3) is 0.526. The molecule has 1 aromatic carbocycles. The van der Waals surface area contributed by atoms with Crippen molar-refractivity contribution in [3.05, 3.63) is 29.8 Å². The smallest absolute Gasteiger partial charge is 0.254 e. The maximum atomic E-state index is 13.1. The van der Waals surface area contributed by atoms with Crippen molar-refractivity contribution in [3.8, 4) is 5.75 Å². The van der Waals surface area contributed by atoms with Crippen molar-refractivity contribution < 1.29 is 27.5 Å². The number of piperidine rings is 1. The van der Waals surface area contributed by atoms with E-state index in [1.165, 1.54) is 16.3 Å². The van der Waals surface area contributed by atoms with Gasteiger partial charge in [-0.1, -0.05) is 0 Å². The molecule has 2 saturated heterocycles. The third-order valence-electron chi connectivity index (χ3n) is 5.31. The minimum Gasteiger partial charge on any atom is -0.497 e. The van der Waals surface area contributed by atoms with Gasteiger partial charge >= 0.3 is 0 Å². The van der Waals surface area contributed by atoms with Crippen molar-refractivity contribution in [2.24, 2.45) is 0 Å². The number of hydrogen-bond donors (Lipinski definition) is 2. The maximum Gasteiger partial charge on any atom is 0.254 e. The average Bonchev–Trinajstić information content (AvgIpc) is 2.74. The summed E-state index contributed by atoms with van der Waals surface area (Å²) >= 11 is 0. The highest BCUT2D eigenvalue weighted by Gasteiger charge is 2.39. The van der Waals surface area contributed by atoms with Crippen LogP contribution in [0.5, 0.6) is 5.75 Å². The molecule has 0 aliphatic carbocycles. The lowest BCUT2D eigenvalue weighted by molar-refractivity contribution is -0.133. The van der Waals surface area contributed by atoms with Gasteiger partial charge in [-0.2, -0.15) is 4.31 Å². The van der Waals surface area contributed by atoms with E-state index in [1.54, 1.807) is 24.3 Å². The van der Waals surface area contributed by atoms with Gasteiger partial charge in [-0.25, -0.2) is 8.42 Å². The van der Waals surface area contributed by atoms with Crippen LogP contribution in [0.2, 0.25) is 0 Å². The number of amides is 3. The lowest BCUT2D eigenvalue weighted by Gasteiger charge is -2.40. The molecule has 2 aliphatic heterocycles. The number of methoxy groups -OCH3 is 1. The molecule has 2 N–H and O–H groups in total. The first-order chi connectivity index (χ1) is 14.2. The quantitative estimate of drug-likeness (QED) is 0.619. The molecule has 30 heavy (non-hydrogen) atoms. The lowest BCUT2D eigenvalue weighted by Crippen LogP contribution is -2.63. The molecule has 2 atom stereocenters. The Morgan fingerprint density at radius 2 is 1.90 bits per heavy atom. The Bertz CT molecular complexity index is 917. The fourth-order valence-electron chi connectivity index (χ4n) is 3.60. The Hall–Kier alpha value is -2.66. The van der Waals surface area contributed by atoms with E-state index in [0.717, 1.165) is 12.7 Å². The fourth-order valence-corrected chi connectivity index (χ4v) is 4.43. The third-order valence-corrected chi connectivity index (χ3v) is 6.58. The first-order valence-electron chi connectivity index (χ1n) is 9.69. The molecule has 11 heteroatoms. The summed E-state index contributed by atoms with van der Waals surface area (Å²) in [6.45, 7) is 0.542. The maximum absolute atomic E-state index is 13.1. The van der Waals surface area contributed by atoms with Gasteiger partial charge in [0.25, 0.3) is 5.91 Å². The summed E-state index contributed by atoms with van der Waals surface area (Å²) in [5.74, 6) is -0.629. The van der Waals surface area contributed by atoms with E-state index in [-0.39, 0.29) is 31.4 Å². The van der Waals surface area contributed by atoms with E-state index < -0.39 is 28.0 Å². The van der Waals surface area contributed by atoms with Crippen LogP contribution >= 0.6 is 0 Å². The monoisotopic (exact) mass is 438 g/mol. The molecule has 164 valence electrons. The number of rotatable bonds is 5. The Labute approximate surface area is 175 Å². The van der Waals surface area contributed by atoms with Crippen LogP contribution in [0, 0.1) is 0 Å². The second-order valence-electron chi connectivity index (χ2n) is 7.36. The molecular formula is C19H26N4O6S. The topological polar surface area (TPSA) is 125 Å². The number of hydrogen-bond acceptors (Lipinski definition) is 6. The van der Waals surface area contributed by atoms with E-state index in [0.29, 0.717) is 24.3 Å². The number of nitrogens with zero attached hydrogens (tertiary/aromatic N) is 2. The molecule has 0 saturated carbocycles. The standard InChI is InChI=1S/C19H26N4O6S/c1-29-14-7-5-13(6-8-14)19(26)23-11-10-22(30(2,27)28)12-16(23)18(25)21-15-4-3-9-20-17(15)24/h5-8,15-16H,3-4,9-12H2,1-2H3,(H,20,24)(H,21,25)/t15-,16+/m0/s1. The first kappa shape index (κ1) is 22.0. The Balaban J connectivity index is 1.82. The molecule has 2 aliphatic rings. The van der Waals surface area contributed by atoms with Crippen LogP contribution in [0.15, 0.2) is 24.3 Å². The van der Waals surface area contributed by atoms with Gasteiger partial charge < -0.3 is 20.3 Å². The zero-order chi connectivity index (χ0) is 21.9. The molecule has 0 radical (unpaired) electrons. The molecule has 3 amide bonds. The highest BCUT2D eigenvalue weighted by Crippen LogP contribution is 2.19. The summed E-state index contributed by atoms with van der Waals surface area (Å²) in [6, 6.07) is 4.72. The highest BCUT2D eigenvalue weighted by molar-refractivity contribution is 7.88. The van der Waals surface area contributed by atoms with E-state index in [2.05, 4.69) is 10.6 Å². The average molecular weight is 439 g/mol. The van der Waals surface area contributed by atoms with E-state index in [1.807, 2.05) is 0 Å². The number of piperazine rings is 1. The molecule has 2 fully saturated rings. The van der Waals surface area contributed by atoms with Crippen LogP contribution in [0.1, 0.15) is 23.2 Å². The zero-order valence-corrected chi connectivity index (χ0v) is 17.8. The number of sulfonamides is 1. The van der Waals surface area contributed by atoms with Crippen LogP contribution in [0.25, 0.3) is 0 Å². The minimum absolute atomic E-state index is 0.0624. The number of carbonyl (C=O) groups is 3. The largest absolute Gasteiger partial charge is 0.497 e. The van der Waals surface area contributed by atoms with Crippen LogP contribution in [-0.4, -0.2) is 87.0 Å². The predicted octanol–water partition coefficient (Wildman–Crippen LogP) is -0.824. The summed E-state index contributed by atoms with van der Waals surface area (Å²) in [7, 11) is -2.02. The summed E-state index contributed by atoms with van der Waals surface area (Å²) in [5.41, 5.74) is 0.358. The molecule has 10 nitrogen and oxygen atoms in total. The van der Waals surface area contributed by atoms with Crippen molar-refractivity contribution in [1.29, 1.82) is 0 Å². The van der Waals surface area contributed by atoms with Gasteiger partial charge in [0.05, 0.1) is 13.4 Å². The van der Waals surface area contributed by atoms with Crippen LogP contribution in [0.3, 0.4) is 0 Å². The zero-order valence-electron chi connectivity index (χ0n) is 17.0. The number of benzene rings is 1. The van der Waals surface area contributed by atoms with Crippen LogP contribution in [0.4, 0.5) is 0 Å². The van der Waals surface area contributed by atoms with E-state index in [9.17, 15) is 22.8 Å². The van der Waals surface area contributed by atoms with Crippen molar-refractivity contribution in [2.75, 3.05) is 39.5 Å². The van der Waals surface area contributed by atoms with Gasteiger partial charge in [0, 0.05) is 31.7 Å². The summed E-state index contributed by atoms with van der Waals surface area (Å²) in [5, 5.41) is 5.37. The molecule has 0 bridgehead atoms. The second kappa shape index (κ2) is 9.00. The molecule has 0 spiro atoms. The van der Waals surface area contributed by atoms with Crippen LogP contribution < -0.4 is 15.4 Å². The van der Waals surface area contributed by atoms with Crippen LogP contribution in [-0.2, 0) is 19.6 Å². The molecule has 1 aromatic rings. The van der Waals surface area contributed by atoms with Gasteiger partial charge in [-0.15, -0.1) is 0 Å². The van der Waals surface area contributed by atoms with Crippen molar-refractivity contribution in [3.63, 3.8) is 0 Å². The van der Waals surface area contributed by atoms with Gasteiger partial charge in [0.1, 0.15) is 17.8 Å². The number of nitrogens with one attached hydrogen (secondary N) is 2. The summed E-state index contributed by atoms with van der Waals surface area (Å²) in [4.78, 5) is 39.5. The highest BCUT2D eigenvalue weighted by atomic mass is 32.2.